The highest BCUT2D eigenvalue weighted by atomic mass is 15.2. The minimum Gasteiger partial charge on any atom is -0.339 e. The molecule has 0 fully saturated rings. The molecule has 0 radical (unpaired) electrons. The van der Waals surface area contributed by atoms with E-state index in [1.54, 1.807) is 0 Å². The third-order valence-corrected chi connectivity index (χ3v) is 7.15. The summed E-state index contributed by atoms with van der Waals surface area (Å²) in [7, 11) is 0. The van der Waals surface area contributed by atoms with E-state index in [9.17, 15) is 0 Å². The fraction of sp³-hybridized carbons (Fsp3) is 0.273. The monoisotopic (exact) mass is 473 g/mol. The van der Waals surface area contributed by atoms with Crippen LogP contribution in [-0.4, -0.2) is 16.0 Å². The number of rotatable bonds is 7. The SMILES string of the molecule is CCCC(C)N(c1ccccc1)c1ccc(-c2nc3ccccc3nc2C2=CC=C(C)CC2C)cc1. The van der Waals surface area contributed by atoms with Crippen molar-refractivity contribution in [1.82, 2.24) is 9.97 Å². The van der Waals surface area contributed by atoms with Crippen LogP contribution in [0.1, 0.15) is 52.7 Å². The lowest BCUT2D eigenvalue weighted by atomic mass is 9.85. The summed E-state index contributed by atoms with van der Waals surface area (Å²) in [4.78, 5) is 12.7. The number of fused-ring (bicyclic) bond motifs is 1. The smallest absolute Gasteiger partial charge is 0.0969 e. The number of hydrogen-bond donors (Lipinski definition) is 0. The van der Waals surface area contributed by atoms with E-state index in [0.717, 1.165) is 47.2 Å². The Morgan fingerprint density at radius 1 is 0.806 bits per heavy atom. The lowest BCUT2D eigenvalue weighted by molar-refractivity contribution is 0.634. The first-order chi connectivity index (χ1) is 17.5. The third kappa shape index (κ3) is 4.83. The van der Waals surface area contributed by atoms with Gasteiger partial charge >= 0.3 is 0 Å². The maximum absolute atomic E-state index is 5.14. The van der Waals surface area contributed by atoms with Crippen molar-refractivity contribution in [1.29, 1.82) is 0 Å². The molecule has 3 aromatic carbocycles. The maximum Gasteiger partial charge on any atom is 0.0969 e. The average Bonchev–Trinajstić information content (AvgIpc) is 2.89. The highest BCUT2D eigenvalue weighted by Gasteiger charge is 2.22. The molecule has 0 N–H and O–H groups in total. The Morgan fingerprint density at radius 3 is 2.06 bits per heavy atom. The molecular weight excluding hydrogens is 438 g/mol. The number of anilines is 2. The highest BCUT2D eigenvalue weighted by molar-refractivity contribution is 5.86. The van der Waals surface area contributed by atoms with E-state index < -0.39 is 0 Å². The molecule has 1 aliphatic rings. The van der Waals surface area contributed by atoms with Gasteiger partial charge < -0.3 is 4.90 Å². The summed E-state index contributed by atoms with van der Waals surface area (Å²) < 4.78 is 0. The summed E-state index contributed by atoms with van der Waals surface area (Å²) >= 11 is 0. The first-order valence-electron chi connectivity index (χ1n) is 13.1. The lowest BCUT2D eigenvalue weighted by Crippen LogP contribution is -2.28. The van der Waals surface area contributed by atoms with Crippen LogP contribution in [0.2, 0.25) is 0 Å². The van der Waals surface area contributed by atoms with Crippen molar-refractivity contribution in [3.8, 4) is 11.3 Å². The van der Waals surface area contributed by atoms with Gasteiger partial charge in [-0.2, -0.15) is 0 Å². The van der Waals surface area contributed by atoms with Crippen molar-refractivity contribution >= 4 is 28.0 Å². The summed E-state index contributed by atoms with van der Waals surface area (Å²) in [5, 5.41) is 0. The van der Waals surface area contributed by atoms with Gasteiger partial charge in [-0.1, -0.05) is 80.5 Å². The minimum atomic E-state index is 0.405. The largest absolute Gasteiger partial charge is 0.339 e. The number of aromatic nitrogens is 2. The van der Waals surface area contributed by atoms with Crippen LogP contribution in [0.4, 0.5) is 11.4 Å². The van der Waals surface area contributed by atoms with Crippen molar-refractivity contribution in [2.75, 3.05) is 4.90 Å². The van der Waals surface area contributed by atoms with Crippen LogP contribution in [0.25, 0.3) is 27.9 Å². The van der Waals surface area contributed by atoms with Crippen molar-refractivity contribution in [3.63, 3.8) is 0 Å². The van der Waals surface area contributed by atoms with Gasteiger partial charge in [0.15, 0.2) is 0 Å². The average molecular weight is 474 g/mol. The Bertz CT molecular complexity index is 1400. The van der Waals surface area contributed by atoms with E-state index in [4.69, 9.17) is 9.97 Å². The van der Waals surface area contributed by atoms with E-state index in [1.807, 2.05) is 12.1 Å². The molecular formula is C33H35N3. The summed E-state index contributed by atoms with van der Waals surface area (Å²) in [5.74, 6) is 0.409. The Labute approximate surface area is 215 Å². The van der Waals surface area contributed by atoms with Crippen molar-refractivity contribution in [3.05, 3.63) is 102 Å². The molecule has 182 valence electrons. The molecule has 1 aliphatic carbocycles. The van der Waals surface area contributed by atoms with Gasteiger partial charge in [-0.05, 0) is 74.6 Å². The van der Waals surface area contributed by atoms with E-state index in [-0.39, 0.29) is 0 Å². The zero-order valence-electron chi connectivity index (χ0n) is 21.8. The first kappa shape index (κ1) is 24.0. The predicted molar refractivity (Wildman–Crippen MR) is 153 cm³/mol. The molecule has 0 spiro atoms. The van der Waals surface area contributed by atoms with Crippen LogP contribution in [0.15, 0.2) is 96.6 Å². The van der Waals surface area contributed by atoms with Crippen LogP contribution >= 0.6 is 0 Å². The van der Waals surface area contributed by atoms with Gasteiger partial charge in [0.05, 0.1) is 22.4 Å². The Hall–Kier alpha value is -3.72. The predicted octanol–water partition coefficient (Wildman–Crippen LogP) is 8.99. The summed E-state index contributed by atoms with van der Waals surface area (Å²) in [6, 6.07) is 28.2. The molecule has 2 unspecified atom stereocenters. The van der Waals surface area contributed by atoms with Gasteiger partial charge in [-0.25, -0.2) is 9.97 Å². The number of allylic oxidation sites excluding steroid dienone is 4. The Morgan fingerprint density at radius 2 is 1.42 bits per heavy atom. The van der Waals surface area contributed by atoms with Crippen LogP contribution in [-0.2, 0) is 0 Å². The van der Waals surface area contributed by atoms with E-state index in [1.165, 1.54) is 22.5 Å². The topological polar surface area (TPSA) is 29.0 Å². The molecule has 0 amide bonds. The van der Waals surface area contributed by atoms with Gasteiger partial charge in [0.1, 0.15) is 0 Å². The fourth-order valence-corrected chi connectivity index (χ4v) is 5.35. The van der Waals surface area contributed by atoms with Crippen LogP contribution < -0.4 is 4.90 Å². The molecule has 36 heavy (non-hydrogen) atoms. The summed E-state index contributed by atoms with van der Waals surface area (Å²) in [5.41, 5.74) is 10.0. The molecule has 1 aromatic heterocycles. The highest BCUT2D eigenvalue weighted by Crippen LogP contribution is 2.38. The summed E-state index contributed by atoms with van der Waals surface area (Å²) in [6.45, 7) is 9.05. The number of hydrogen-bond acceptors (Lipinski definition) is 3. The van der Waals surface area contributed by atoms with E-state index in [2.05, 4.69) is 111 Å². The Balaban J connectivity index is 1.60. The number of para-hydroxylation sites is 3. The molecule has 1 heterocycles. The number of benzene rings is 3. The van der Waals surface area contributed by atoms with Gasteiger partial charge in [0.2, 0.25) is 0 Å². The van der Waals surface area contributed by atoms with Crippen LogP contribution in [0.3, 0.4) is 0 Å². The van der Waals surface area contributed by atoms with Crippen molar-refractivity contribution < 1.29 is 0 Å². The second-order valence-electron chi connectivity index (χ2n) is 10.0. The lowest BCUT2D eigenvalue weighted by Gasteiger charge is -2.31. The second-order valence-corrected chi connectivity index (χ2v) is 10.0. The minimum absolute atomic E-state index is 0.405. The quantitative estimate of drug-likeness (QED) is 0.268. The second kappa shape index (κ2) is 10.5. The molecule has 5 rings (SSSR count). The standard InChI is InChI=1S/C33H35N3/c1-5-11-25(4)36(27-12-7-6-8-13-27)28-19-17-26(18-20-28)32-33(29-21-16-23(2)22-24(29)3)35-31-15-10-9-14-30(31)34-32/h6-10,12-21,24-25H,5,11,22H2,1-4H3. The van der Waals surface area contributed by atoms with Gasteiger partial charge in [0.25, 0.3) is 0 Å². The van der Waals surface area contributed by atoms with Gasteiger partial charge in [0, 0.05) is 23.0 Å². The molecule has 0 saturated carbocycles. The first-order valence-corrected chi connectivity index (χ1v) is 13.1. The molecule has 2 atom stereocenters. The normalized spacial score (nSPS) is 16.4. The zero-order valence-corrected chi connectivity index (χ0v) is 21.8. The summed E-state index contributed by atoms with van der Waals surface area (Å²) in [6.07, 6.45) is 7.81. The molecule has 0 bridgehead atoms. The van der Waals surface area contributed by atoms with Gasteiger partial charge in [-0.15, -0.1) is 0 Å². The van der Waals surface area contributed by atoms with Gasteiger partial charge in [-0.3, -0.25) is 0 Å². The van der Waals surface area contributed by atoms with E-state index in [0.29, 0.717) is 12.0 Å². The number of nitrogens with zero attached hydrogens (tertiary/aromatic N) is 3. The third-order valence-electron chi connectivity index (χ3n) is 7.15. The fourth-order valence-electron chi connectivity index (χ4n) is 5.35. The molecule has 3 nitrogen and oxygen atoms in total. The molecule has 4 aromatic rings. The van der Waals surface area contributed by atoms with E-state index >= 15 is 0 Å². The zero-order chi connectivity index (χ0) is 25.1. The van der Waals surface area contributed by atoms with Crippen LogP contribution in [0.5, 0.6) is 0 Å². The molecule has 3 heteroatoms. The van der Waals surface area contributed by atoms with Crippen LogP contribution in [0, 0.1) is 5.92 Å². The molecule has 0 saturated heterocycles. The molecule has 0 aliphatic heterocycles. The maximum atomic E-state index is 5.14. The van der Waals surface area contributed by atoms with Crippen molar-refractivity contribution in [2.45, 2.75) is 53.0 Å². The Kier molecular flexibility index (Phi) is 6.99. The van der Waals surface area contributed by atoms with Crippen molar-refractivity contribution in [2.24, 2.45) is 5.92 Å².